The Balaban J connectivity index is 2.22. The Hall–Kier alpha value is -2.29. The number of allylic oxidation sites excluding steroid dienone is 1. The summed E-state index contributed by atoms with van der Waals surface area (Å²) in [5, 5.41) is 0. The molecule has 3 nitrogen and oxygen atoms in total. The van der Waals surface area contributed by atoms with Gasteiger partial charge in [-0.2, -0.15) is 4.57 Å². The summed E-state index contributed by atoms with van der Waals surface area (Å²) in [5.41, 5.74) is 1.65. The molecule has 0 saturated carbocycles. The van der Waals surface area contributed by atoms with Gasteiger partial charge in [0.1, 0.15) is 0 Å². The number of ketones is 1. The molecule has 0 radical (unpaired) electrons. The molecule has 3 heteroatoms. The minimum Gasteiger partial charge on any atom is -0.287 e. The summed E-state index contributed by atoms with van der Waals surface area (Å²) in [6.45, 7) is 2.27. The molecule has 0 atom stereocenters. The number of benzene rings is 1. The minimum absolute atomic E-state index is 0.0950. The average Bonchev–Trinajstić information content (AvgIpc) is 2.42. The molecule has 0 saturated heterocycles. The van der Waals surface area contributed by atoms with Crippen LogP contribution >= 0.6 is 0 Å². The zero-order valence-electron chi connectivity index (χ0n) is 10.3. The topological polar surface area (TPSA) is 33.8 Å². The molecule has 1 aromatic heterocycles. The fraction of sp³-hybridized carbons (Fsp3) is 0.133. The Morgan fingerprint density at radius 1 is 1.33 bits per heavy atom. The van der Waals surface area contributed by atoms with Gasteiger partial charge in [0, 0.05) is 11.6 Å². The summed E-state index contributed by atoms with van der Waals surface area (Å²) >= 11 is 0. The van der Waals surface area contributed by atoms with Crippen LogP contribution in [-0.4, -0.2) is 10.8 Å². The van der Waals surface area contributed by atoms with E-state index in [9.17, 15) is 4.79 Å². The molecule has 0 amide bonds. The van der Waals surface area contributed by atoms with E-state index in [0.717, 1.165) is 11.3 Å². The molecule has 1 heterocycles. The van der Waals surface area contributed by atoms with Crippen molar-refractivity contribution >= 4 is 11.9 Å². The first-order valence-corrected chi connectivity index (χ1v) is 5.85. The molecule has 0 aliphatic heterocycles. The number of hydrogen-bond acceptors (Lipinski definition) is 2. The Kier molecular flexibility index (Phi) is 3.97. The lowest BCUT2D eigenvalue weighted by molar-refractivity contribution is -0.685. The van der Waals surface area contributed by atoms with Crippen LogP contribution in [-0.2, 0) is 6.54 Å². The number of rotatable bonds is 4. The molecule has 1 aromatic carbocycles. The van der Waals surface area contributed by atoms with E-state index in [2.05, 4.69) is 4.98 Å². The van der Waals surface area contributed by atoms with Crippen LogP contribution in [0.5, 0.6) is 0 Å². The number of aromatic nitrogens is 2. The third-order valence-corrected chi connectivity index (χ3v) is 2.62. The molecule has 0 fully saturated rings. The third-order valence-electron chi connectivity index (χ3n) is 2.62. The predicted octanol–water partition coefficient (Wildman–Crippen LogP) is 2.29. The standard InChI is InChI=1S/C15H15N2O/c1-2-6-14-11-16-9-10-17(14)12-15(18)13-7-4-3-5-8-13/h2-11H,12H2,1H3/q+1. The number of carbonyl (C=O) groups is 1. The van der Waals surface area contributed by atoms with Crippen molar-refractivity contribution in [3.8, 4) is 0 Å². The van der Waals surface area contributed by atoms with Gasteiger partial charge in [0.15, 0.2) is 6.20 Å². The van der Waals surface area contributed by atoms with Crippen LogP contribution in [0.2, 0.25) is 0 Å². The van der Waals surface area contributed by atoms with Gasteiger partial charge in [0.25, 0.3) is 0 Å². The predicted molar refractivity (Wildman–Crippen MR) is 69.9 cm³/mol. The SMILES string of the molecule is CC=Cc1cncc[n+]1CC(=O)c1ccccc1. The van der Waals surface area contributed by atoms with E-state index in [0.29, 0.717) is 6.54 Å². The van der Waals surface area contributed by atoms with Gasteiger partial charge in [0.2, 0.25) is 18.0 Å². The summed E-state index contributed by atoms with van der Waals surface area (Å²) < 4.78 is 1.89. The van der Waals surface area contributed by atoms with Crippen molar-refractivity contribution in [1.82, 2.24) is 4.98 Å². The van der Waals surface area contributed by atoms with Crippen LogP contribution in [0, 0.1) is 0 Å². The van der Waals surface area contributed by atoms with Crippen LogP contribution in [0.25, 0.3) is 6.08 Å². The Labute approximate surface area is 106 Å². The summed E-state index contributed by atoms with van der Waals surface area (Å²) in [7, 11) is 0. The number of Topliss-reactive ketones (excluding diaryl/α,β-unsaturated/α-hetero) is 1. The molecule has 0 N–H and O–H groups in total. The molecular formula is C15H15N2O+. The molecule has 0 aliphatic carbocycles. The second kappa shape index (κ2) is 5.87. The highest BCUT2D eigenvalue weighted by molar-refractivity contribution is 5.94. The van der Waals surface area contributed by atoms with Crippen molar-refractivity contribution < 1.29 is 9.36 Å². The third kappa shape index (κ3) is 2.88. The van der Waals surface area contributed by atoms with Gasteiger partial charge < -0.3 is 0 Å². The van der Waals surface area contributed by atoms with Crippen LogP contribution in [0.1, 0.15) is 23.0 Å². The van der Waals surface area contributed by atoms with Gasteiger partial charge in [0.05, 0.1) is 12.4 Å². The molecule has 18 heavy (non-hydrogen) atoms. The summed E-state index contributed by atoms with van der Waals surface area (Å²) in [5.74, 6) is 0.0950. The molecule has 0 bridgehead atoms. The maximum absolute atomic E-state index is 12.1. The smallest absolute Gasteiger partial charge is 0.227 e. The van der Waals surface area contributed by atoms with Crippen molar-refractivity contribution in [3.63, 3.8) is 0 Å². The second-order valence-electron chi connectivity index (χ2n) is 3.92. The maximum atomic E-state index is 12.1. The van der Waals surface area contributed by atoms with Crippen molar-refractivity contribution in [3.05, 3.63) is 66.3 Å². The highest BCUT2D eigenvalue weighted by Crippen LogP contribution is 2.01. The monoisotopic (exact) mass is 239 g/mol. The quantitative estimate of drug-likeness (QED) is 0.606. The van der Waals surface area contributed by atoms with Gasteiger partial charge in [-0.3, -0.25) is 9.78 Å². The summed E-state index contributed by atoms with van der Waals surface area (Å²) in [6, 6.07) is 9.31. The Bertz CT molecular complexity index is 562. The lowest BCUT2D eigenvalue weighted by Gasteiger charge is -2.00. The molecule has 2 rings (SSSR count). The number of nitrogens with zero attached hydrogens (tertiary/aromatic N) is 2. The van der Waals surface area contributed by atoms with E-state index in [4.69, 9.17) is 0 Å². The van der Waals surface area contributed by atoms with Gasteiger partial charge in [-0.1, -0.05) is 36.4 Å². The first-order chi connectivity index (χ1) is 8.81. The van der Waals surface area contributed by atoms with E-state index in [-0.39, 0.29) is 5.78 Å². The second-order valence-corrected chi connectivity index (χ2v) is 3.92. The molecule has 90 valence electrons. The summed E-state index contributed by atoms with van der Waals surface area (Å²) in [4.78, 5) is 16.2. The highest BCUT2D eigenvalue weighted by Gasteiger charge is 2.14. The maximum Gasteiger partial charge on any atom is 0.227 e. The molecule has 2 aromatic rings. The van der Waals surface area contributed by atoms with E-state index >= 15 is 0 Å². The number of carbonyl (C=O) groups excluding carboxylic acids is 1. The van der Waals surface area contributed by atoms with Gasteiger partial charge >= 0.3 is 0 Å². The first-order valence-electron chi connectivity index (χ1n) is 5.85. The van der Waals surface area contributed by atoms with Crippen molar-refractivity contribution in [1.29, 1.82) is 0 Å². The van der Waals surface area contributed by atoms with Crippen LogP contribution in [0.15, 0.2) is 55.0 Å². The molecule has 0 aliphatic rings. The fourth-order valence-electron chi connectivity index (χ4n) is 1.72. The van der Waals surface area contributed by atoms with Crippen LogP contribution < -0.4 is 4.57 Å². The minimum atomic E-state index is 0.0950. The lowest BCUT2D eigenvalue weighted by Crippen LogP contribution is -2.40. The lowest BCUT2D eigenvalue weighted by atomic mass is 10.1. The van der Waals surface area contributed by atoms with E-state index in [1.165, 1.54) is 0 Å². The summed E-state index contributed by atoms with van der Waals surface area (Å²) in [6.07, 6.45) is 9.12. The zero-order chi connectivity index (χ0) is 12.8. The van der Waals surface area contributed by atoms with E-state index < -0.39 is 0 Å². The zero-order valence-corrected chi connectivity index (χ0v) is 10.3. The normalized spacial score (nSPS) is 10.7. The first kappa shape index (κ1) is 12.2. The largest absolute Gasteiger partial charge is 0.287 e. The van der Waals surface area contributed by atoms with Gasteiger partial charge in [-0.15, -0.1) is 0 Å². The van der Waals surface area contributed by atoms with Crippen LogP contribution in [0.3, 0.4) is 0 Å². The van der Waals surface area contributed by atoms with Crippen molar-refractivity contribution in [2.24, 2.45) is 0 Å². The van der Waals surface area contributed by atoms with Crippen molar-refractivity contribution in [2.75, 3.05) is 0 Å². The van der Waals surface area contributed by atoms with Crippen LogP contribution in [0.4, 0.5) is 0 Å². The molecular weight excluding hydrogens is 224 g/mol. The molecule has 0 unspecified atom stereocenters. The molecule has 0 spiro atoms. The van der Waals surface area contributed by atoms with Crippen molar-refractivity contribution in [2.45, 2.75) is 13.5 Å². The fourth-order valence-corrected chi connectivity index (χ4v) is 1.72. The van der Waals surface area contributed by atoms with Gasteiger partial charge in [-0.05, 0) is 6.92 Å². The highest BCUT2D eigenvalue weighted by atomic mass is 16.1. The Morgan fingerprint density at radius 2 is 2.11 bits per heavy atom. The van der Waals surface area contributed by atoms with E-state index in [1.54, 1.807) is 12.4 Å². The Morgan fingerprint density at radius 3 is 2.83 bits per heavy atom. The average molecular weight is 239 g/mol. The van der Waals surface area contributed by atoms with E-state index in [1.807, 2.05) is 60.2 Å². The van der Waals surface area contributed by atoms with Gasteiger partial charge in [-0.25, -0.2) is 0 Å². The number of hydrogen-bond donors (Lipinski definition) is 0.